The van der Waals surface area contributed by atoms with E-state index in [1.165, 1.54) is 0 Å². The number of hydrogen-bond donors (Lipinski definition) is 2. The number of benzene rings is 1. The van der Waals surface area contributed by atoms with E-state index in [0.717, 1.165) is 56.8 Å². The van der Waals surface area contributed by atoms with Gasteiger partial charge in [0, 0.05) is 44.0 Å². The Labute approximate surface area is 161 Å². The minimum atomic E-state index is -0.680. The van der Waals surface area contributed by atoms with E-state index in [1.54, 1.807) is 12.1 Å². The molecule has 1 saturated heterocycles. The Balaban J connectivity index is 1.66. The van der Waals surface area contributed by atoms with Gasteiger partial charge in [-0.1, -0.05) is 6.92 Å². The van der Waals surface area contributed by atoms with Gasteiger partial charge in [-0.2, -0.15) is 0 Å². The quantitative estimate of drug-likeness (QED) is 0.797. The summed E-state index contributed by atoms with van der Waals surface area (Å²) in [4.78, 5) is 15.9. The van der Waals surface area contributed by atoms with Crippen LogP contribution < -0.4 is 10.2 Å². The first-order valence-electron chi connectivity index (χ1n) is 10.2. The third kappa shape index (κ3) is 4.99. The zero-order valence-electron chi connectivity index (χ0n) is 16.5. The molecule has 0 radical (unpaired) electrons. The lowest BCUT2D eigenvalue weighted by Gasteiger charge is -2.38. The highest BCUT2D eigenvalue weighted by molar-refractivity contribution is 5.70. The molecular weight excluding hydrogens is 345 g/mol. The van der Waals surface area contributed by atoms with Crippen molar-refractivity contribution in [3.63, 3.8) is 0 Å². The molecule has 2 N–H and O–H groups in total. The van der Waals surface area contributed by atoms with Crippen LogP contribution in [0.2, 0.25) is 0 Å². The first-order valence-corrected chi connectivity index (χ1v) is 10.2. The molecule has 0 spiro atoms. The normalized spacial score (nSPS) is 25.4. The summed E-state index contributed by atoms with van der Waals surface area (Å²) < 4.78 is 14.0. The summed E-state index contributed by atoms with van der Waals surface area (Å²) >= 11 is 0. The lowest BCUT2D eigenvalue weighted by Crippen LogP contribution is -2.46. The Bertz CT molecular complexity index is 638. The Hall–Kier alpha value is -1.66. The van der Waals surface area contributed by atoms with Gasteiger partial charge in [0.15, 0.2) is 0 Å². The number of nitrogens with zero attached hydrogens (tertiary/aromatic N) is 2. The van der Waals surface area contributed by atoms with Gasteiger partial charge in [-0.3, -0.25) is 4.79 Å². The molecule has 1 aromatic carbocycles. The van der Waals surface area contributed by atoms with Crippen molar-refractivity contribution in [1.82, 2.24) is 10.2 Å². The smallest absolute Gasteiger partial charge is 0.306 e. The van der Waals surface area contributed by atoms with Gasteiger partial charge in [0.25, 0.3) is 0 Å². The number of carboxylic acid groups (broad SMARTS) is 1. The summed E-state index contributed by atoms with van der Waals surface area (Å²) in [6.45, 7) is 9.34. The average Bonchev–Trinajstić information content (AvgIpc) is 2.68. The maximum Gasteiger partial charge on any atom is 0.306 e. The van der Waals surface area contributed by atoms with Gasteiger partial charge in [0.2, 0.25) is 0 Å². The summed E-state index contributed by atoms with van der Waals surface area (Å²) in [5, 5.41) is 12.8. The molecule has 2 fully saturated rings. The van der Waals surface area contributed by atoms with Gasteiger partial charge in [0.1, 0.15) is 5.82 Å². The molecule has 1 aromatic rings. The van der Waals surface area contributed by atoms with Crippen LogP contribution in [0.25, 0.3) is 0 Å². The van der Waals surface area contributed by atoms with E-state index >= 15 is 0 Å². The number of hydrogen-bond acceptors (Lipinski definition) is 4. The van der Waals surface area contributed by atoms with E-state index in [1.807, 2.05) is 6.07 Å². The van der Waals surface area contributed by atoms with E-state index < -0.39 is 5.97 Å². The van der Waals surface area contributed by atoms with Crippen molar-refractivity contribution < 1.29 is 14.3 Å². The van der Waals surface area contributed by atoms with Crippen LogP contribution in [0.15, 0.2) is 18.2 Å². The van der Waals surface area contributed by atoms with Crippen LogP contribution in [0.4, 0.5) is 10.1 Å². The maximum atomic E-state index is 14.0. The number of piperazine rings is 1. The highest BCUT2D eigenvalue weighted by Gasteiger charge is 2.28. The molecule has 1 aliphatic heterocycles. The standard InChI is InChI=1S/C21H32FN3O2/c1-3-24-10-12-25(13-11-24)20-9-6-17(22)14-19(20)15(2)23-18-7-4-16(5-8-18)21(26)27/h6,9,14-16,18,23H,3-5,7-8,10-13H2,1-2H3,(H,26,27). The molecule has 0 amide bonds. The zero-order valence-corrected chi connectivity index (χ0v) is 16.5. The topological polar surface area (TPSA) is 55.8 Å². The van der Waals surface area contributed by atoms with Crippen molar-refractivity contribution in [2.45, 2.75) is 51.6 Å². The van der Waals surface area contributed by atoms with Crippen molar-refractivity contribution in [3.8, 4) is 0 Å². The van der Waals surface area contributed by atoms with E-state index in [9.17, 15) is 9.18 Å². The van der Waals surface area contributed by atoms with Gasteiger partial charge in [-0.25, -0.2) is 4.39 Å². The molecule has 1 unspecified atom stereocenters. The van der Waals surface area contributed by atoms with Crippen LogP contribution in [-0.2, 0) is 4.79 Å². The predicted octanol–water partition coefficient (Wildman–Crippen LogP) is 3.26. The Morgan fingerprint density at radius 2 is 1.89 bits per heavy atom. The highest BCUT2D eigenvalue weighted by atomic mass is 19.1. The van der Waals surface area contributed by atoms with Crippen molar-refractivity contribution in [2.75, 3.05) is 37.6 Å². The molecule has 150 valence electrons. The fourth-order valence-electron chi connectivity index (χ4n) is 4.42. The van der Waals surface area contributed by atoms with E-state index in [2.05, 4.69) is 29.0 Å². The lowest BCUT2D eigenvalue weighted by atomic mass is 9.85. The minimum absolute atomic E-state index is 0.0336. The molecule has 1 saturated carbocycles. The zero-order chi connectivity index (χ0) is 19.4. The van der Waals surface area contributed by atoms with Crippen LogP contribution >= 0.6 is 0 Å². The van der Waals surface area contributed by atoms with Crippen LogP contribution in [0.5, 0.6) is 0 Å². The summed E-state index contributed by atoms with van der Waals surface area (Å²) in [7, 11) is 0. The summed E-state index contributed by atoms with van der Waals surface area (Å²) in [6.07, 6.45) is 3.16. The minimum Gasteiger partial charge on any atom is -0.481 e. The third-order valence-corrected chi connectivity index (χ3v) is 6.18. The number of carboxylic acids is 1. The third-order valence-electron chi connectivity index (χ3n) is 6.18. The molecule has 0 bridgehead atoms. The molecule has 27 heavy (non-hydrogen) atoms. The number of carbonyl (C=O) groups is 1. The van der Waals surface area contributed by atoms with Crippen LogP contribution in [-0.4, -0.2) is 54.7 Å². The van der Waals surface area contributed by atoms with Crippen LogP contribution in [0.3, 0.4) is 0 Å². The second-order valence-electron chi connectivity index (χ2n) is 7.90. The second kappa shape index (κ2) is 9.02. The Kier molecular flexibility index (Phi) is 6.71. The number of halogens is 1. The largest absolute Gasteiger partial charge is 0.481 e. The second-order valence-corrected chi connectivity index (χ2v) is 7.90. The molecule has 6 heteroatoms. The molecule has 1 heterocycles. The summed E-state index contributed by atoms with van der Waals surface area (Å²) in [6, 6.07) is 5.44. The van der Waals surface area contributed by atoms with Crippen molar-refractivity contribution in [2.24, 2.45) is 5.92 Å². The van der Waals surface area contributed by atoms with Crippen LogP contribution in [0, 0.1) is 11.7 Å². The molecule has 1 atom stereocenters. The molecular formula is C21H32FN3O2. The van der Waals surface area contributed by atoms with Gasteiger partial charge >= 0.3 is 5.97 Å². The summed E-state index contributed by atoms with van der Waals surface area (Å²) in [5.41, 5.74) is 2.12. The van der Waals surface area contributed by atoms with Gasteiger partial charge < -0.3 is 20.2 Å². The van der Waals surface area contributed by atoms with E-state index in [-0.39, 0.29) is 17.8 Å². The van der Waals surface area contributed by atoms with Crippen molar-refractivity contribution >= 4 is 11.7 Å². The first kappa shape index (κ1) is 20.1. The number of rotatable bonds is 6. The number of likely N-dealkylation sites (N-methyl/N-ethyl adjacent to an activating group) is 1. The Morgan fingerprint density at radius 3 is 2.48 bits per heavy atom. The Morgan fingerprint density at radius 1 is 1.22 bits per heavy atom. The lowest BCUT2D eigenvalue weighted by molar-refractivity contribution is -0.142. The average molecular weight is 378 g/mol. The molecule has 0 aromatic heterocycles. The number of nitrogens with one attached hydrogen (secondary N) is 1. The molecule has 2 aliphatic rings. The van der Waals surface area contributed by atoms with Crippen LogP contribution in [0.1, 0.15) is 51.1 Å². The monoisotopic (exact) mass is 377 g/mol. The molecule has 1 aliphatic carbocycles. The fourth-order valence-corrected chi connectivity index (χ4v) is 4.42. The number of anilines is 1. The SMILES string of the molecule is CCN1CCN(c2ccc(F)cc2C(C)NC2CCC(C(=O)O)CC2)CC1. The van der Waals surface area contributed by atoms with E-state index in [0.29, 0.717) is 18.9 Å². The van der Waals surface area contributed by atoms with Crippen molar-refractivity contribution in [3.05, 3.63) is 29.6 Å². The van der Waals surface area contributed by atoms with Crippen molar-refractivity contribution in [1.29, 1.82) is 0 Å². The first-order chi connectivity index (χ1) is 13.0. The molecule has 5 nitrogen and oxygen atoms in total. The van der Waals surface area contributed by atoms with Gasteiger partial charge in [-0.15, -0.1) is 0 Å². The predicted molar refractivity (Wildman–Crippen MR) is 106 cm³/mol. The highest BCUT2D eigenvalue weighted by Crippen LogP contribution is 2.31. The molecule has 3 rings (SSSR count). The van der Waals surface area contributed by atoms with Gasteiger partial charge in [-0.05, 0) is 62.9 Å². The van der Waals surface area contributed by atoms with Gasteiger partial charge in [0.05, 0.1) is 5.92 Å². The summed E-state index contributed by atoms with van der Waals surface area (Å²) in [5.74, 6) is -1.10. The number of aliphatic carboxylic acids is 1. The fraction of sp³-hybridized carbons (Fsp3) is 0.667. The van der Waals surface area contributed by atoms with E-state index in [4.69, 9.17) is 5.11 Å². The maximum absolute atomic E-state index is 14.0.